The molecule has 0 atom stereocenters. The lowest BCUT2D eigenvalue weighted by molar-refractivity contribution is 0.194. The Labute approximate surface area is 147 Å². The van der Waals surface area contributed by atoms with Crippen LogP contribution in [0.15, 0.2) is 30.5 Å². The van der Waals surface area contributed by atoms with Gasteiger partial charge in [-0.25, -0.2) is 14.2 Å². The number of hydrogen-bond acceptors (Lipinski definition) is 3. The van der Waals surface area contributed by atoms with Crippen molar-refractivity contribution in [3.63, 3.8) is 0 Å². The highest BCUT2D eigenvalue weighted by Crippen LogP contribution is 2.30. The highest BCUT2D eigenvalue weighted by molar-refractivity contribution is 5.89. The summed E-state index contributed by atoms with van der Waals surface area (Å²) in [6.45, 7) is 5.16. The average molecular weight is 342 g/mol. The van der Waals surface area contributed by atoms with Crippen molar-refractivity contribution in [1.29, 1.82) is 0 Å². The number of rotatable bonds is 2. The molecule has 2 heterocycles. The first-order valence-electron chi connectivity index (χ1n) is 8.48. The number of amides is 2. The van der Waals surface area contributed by atoms with Crippen LogP contribution in [-0.2, 0) is 0 Å². The topological polar surface area (TPSA) is 71.2 Å². The monoisotopic (exact) mass is 342 g/mol. The molecule has 1 aliphatic heterocycles. The van der Waals surface area contributed by atoms with Crippen molar-refractivity contribution in [1.82, 2.24) is 9.88 Å². The summed E-state index contributed by atoms with van der Waals surface area (Å²) in [5.41, 5.74) is 9.17. The summed E-state index contributed by atoms with van der Waals surface area (Å²) in [5, 5.41) is 2.68. The number of pyridine rings is 1. The summed E-state index contributed by atoms with van der Waals surface area (Å²) in [6.07, 6.45) is 3.56. The van der Waals surface area contributed by atoms with Crippen LogP contribution >= 0.6 is 0 Å². The molecule has 0 unspecified atom stereocenters. The summed E-state index contributed by atoms with van der Waals surface area (Å²) in [5.74, 6) is 0.475. The highest BCUT2D eigenvalue weighted by atomic mass is 19.1. The van der Waals surface area contributed by atoms with E-state index in [0.717, 1.165) is 24.0 Å². The molecule has 25 heavy (non-hydrogen) atoms. The van der Waals surface area contributed by atoms with Crippen LogP contribution in [0.3, 0.4) is 0 Å². The quantitative estimate of drug-likeness (QED) is 0.871. The number of benzene rings is 1. The van der Waals surface area contributed by atoms with Crippen molar-refractivity contribution in [3.05, 3.63) is 53.0 Å². The van der Waals surface area contributed by atoms with Crippen LogP contribution in [0.4, 0.5) is 20.7 Å². The van der Waals surface area contributed by atoms with E-state index in [1.807, 2.05) is 26.1 Å². The Morgan fingerprint density at radius 2 is 2.00 bits per heavy atom. The van der Waals surface area contributed by atoms with E-state index in [1.54, 1.807) is 17.0 Å². The molecule has 5 nitrogen and oxygen atoms in total. The third-order valence-electron chi connectivity index (χ3n) is 4.76. The van der Waals surface area contributed by atoms with Crippen LogP contribution in [0.1, 0.15) is 35.4 Å². The minimum absolute atomic E-state index is 0.228. The summed E-state index contributed by atoms with van der Waals surface area (Å²) in [6, 6.07) is 6.32. The second-order valence-electron chi connectivity index (χ2n) is 6.64. The number of aryl methyl sites for hydroxylation is 2. The number of urea groups is 1. The largest absolute Gasteiger partial charge is 0.384 e. The van der Waals surface area contributed by atoms with Crippen molar-refractivity contribution >= 4 is 17.5 Å². The maximum absolute atomic E-state index is 13.8. The normalized spacial score (nSPS) is 15.2. The van der Waals surface area contributed by atoms with Crippen molar-refractivity contribution in [2.24, 2.45) is 0 Å². The molecule has 3 N–H and O–H groups in total. The molecule has 3 rings (SSSR count). The molecule has 0 aliphatic carbocycles. The fourth-order valence-corrected chi connectivity index (χ4v) is 3.34. The smallest absolute Gasteiger partial charge is 0.321 e. The van der Waals surface area contributed by atoms with E-state index in [9.17, 15) is 9.18 Å². The number of carbonyl (C=O) groups is 1. The number of nitrogens with two attached hydrogens (primary N) is 1. The number of hydrogen-bond donors (Lipinski definition) is 2. The van der Waals surface area contributed by atoms with Crippen LogP contribution in [0, 0.1) is 19.7 Å². The maximum atomic E-state index is 13.8. The lowest BCUT2D eigenvalue weighted by atomic mass is 9.88. The Morgan fingerprint density at radius 3 is 2.68 bits per heavy atom. The van der Waals surface area contributed by atoms with Gasteiger partial charge >= 0.3 is 6.03 Å². The Bertz CT molecular complexity index is 785. The van der Waals surface area contributed by atoms with Gasteiger partial charge in [0.05, 0.1) is 5.69 Å². The number of nitrogen functional groups attached to an aromatic ring is 1. The zero-order valence-electron chi connectivity index (χ0n) is 14.6. The number of likely N-dealkylation sites (tertiary alicyclic amines) is 1. The van der Waals surface area contributed by atoms with Gasteiger partial charge < -0.3 is 16.0 Å². The van der Waals surface area contributed by atoms with Gasteiger partial charge in [-0.3, -0.25) is 0 Å². The summed E-state index contributed by atoms with van der Waals surface area (Å²) in [7, 11) is 0. The van der Waals surface area contributed by atoms with Gasteiger partial charge in [-0.15, -0.1) is 0 Å². The van der Waals surface area contributed by atoms with Gasteiger partial charge in [0.15, 0.2) is 0 Å². The number of piperidine rings is 1. The Kier molecular flexibility index (Phi) is 4.88. The van der Waals surface area contributed by atoms with Gasteiger partial charge in [-0.1, -0.05) is 6.07 Å². The molecule has 1 saturated heterocycles. The van der Waals surface area contributed by atoms with Crippen LogP contribution in [0.25, 0.3) is 0 Å². The number of halogens is 1. The first-order chi connectivity index (χ1) is 11.9. The number of nitrogens with zero attached hydrogens (tertiary/aromatic N) is 2. The first kappa shape index (κ1) is 17.2. The van der Waals surface area contributed by atoms with Crippen LogP contribution in [0.5, 0.6) is 0 Å². The van der Waals surface area contributed by atoms with Crippen molar-refractivity contribution in [2.75, 3.05) is 24.1 Å². The summed E-state index contributed by atoms with van der Waals surface area (Å²) in [4.78, 5) is 18.3. The molecule has 132 valence electrons. The second-order valence-corrected chi connectivity index (χ2v) is 6.64. The number of anilines is 2. The van der Waals surface area contributed by atoms with Gasteiger partial charge in [0.2, 0.25) is 0 Å². The SMILES string of the molecule is Cc1ccc(F)c(NC(=O)N2CCC(c3cnc(N)cc3C)CC2)c1. The molecule has 0 saturated carbocycles. The van der Waals surface area contributed by atoms with E-state index in [4.69, 9.17) is 5.73 Å². The van der Waals surface area contributed by atoms with Crippen LogP contribution < -0.4 is 11.1 Å². The fourth-order valence-electron chi connectivity index (χ4n) is 3.34. The Hall–Kier alpha value is -2.63. The van der Waals surface area contributed by atoms with E-state index in [-0.39, 0.29) is 11.7 Å². The first-order valence-corrected chi connectivity index (χ1v) is 8.48. The molecule has 1 fully saturated rings. The number of aromatic nitrogens is 1. The van der Waals surface area contributed by atoms with Gasteiger partial charge in [-0.2, -0.15) is 0 Å². The molecule has 2 aromatic rings. The molecule has 6 heteroatoms. The molecule has 1 aromatic carbocycles. The van der Waals surface area contributed by atoms with Crippen molar-refractivity contribution < 1.29 is 9.18 Å². The molecule has 1 aliphatic rings. The zero-order valence-corrected chi connectivity index (χ0v) is 14.6. The lowest BCUT2D eigenvalue weighted by Gasteiger charge is -2.32. The maximum Gasteiger partial charge on any atom is 0.321 e. The Balaban J connectivity index is 1.62. The summed E-state index contributed by atoms with van der Waals surface area (Å²) >= 11 is 0. The predicted octanol–water partition coefficient (Wildman–Crippen LogP) is 3.83. The van der Waals surface area contributed by atoms with Gasteiger partial charge in [-0.05, 0) is 67.5 Å². The molecular weight excluding hydrogens is 319 g/mol. The molecule has 1 aromatic heterocycles. The van der Waals surface area contributed by atoms with Crippen molar-refractivity contribution in [2.45, 2.75) is 32.6 Å². The predicted molar refractivity (Wildman–Crippen MR) is 97.1 cm³/mol. The minimum Gasteiger partial charge on any atom is -0.384 e. The number of carbonyl (C=O) groups excluding carboxylic acids is 1. The fraction of sp³-hybridized carbons (Fsp3) is 0.368. The van der Waals surface area contributed by atoms with Crippen LogP contribution in [0.2, 0.25) is 0 Å². The standard InChI is InChI=1S/C19H23FN4O/c1-12-3-4-16(20)17(9-12)23-19(25)24-7-5-14(6-8-24)15-11-22-18(21)10-13(15)2/h3-4,9-11,14H,5-8H2,1-2H3,(H2,21,22)(H,23,25). The van der Waals surface area contributed by atoms with Gasteiger partial charge in [0.1, 0.15) is 11.6 Å². The second kappa shape index (κ2) is 7.09. The highest BCUT2D eigenvalue weighted by Gasteiger charge is 2.25. The summed E-state index contributed by atoms with van der Waals surface area (Å²) < 4.78 is 13.8. The van der Waals surface area contributed by atoms with Crippen molar-refractivity contribution in [3.8, 4) is 0 Å². The third kappa shape index (κ3) is 3.90. The van der Waals surface area contributed by atoms with Gasteiger partial charge in [0.25, 0.3) is 0 Å². The van der Waals surface area contributed by atoms with Gasteiger partial charge in [0, 0.05) is 19.3 Å². The van der Waals surface area contributed by atoms with E-state index < -0.39 is 5.82 Å². The van der Waals surface area contributed by atoms with E-state index in [2.05, 4.69) is 10.3 Å². The molecule has 0 radical (unpaired) electrons. The number of nitrogens with one attached hydrogen (secondary N) is 1. The molecular formula is C19H23FN4O. The van der Waals surface area contributed by atoms with E-state index in [1.165, 1.54) is 11.6 Å². The lowest BCUT2D eigenvalue weighted by Crippen LogP contribution is -2.40. The Morgan fingerprint density at radius 1 is 1.28 bits per heavy atom. The molecule has 0 bridgehead atoms. The molecule has 0 spiro atoms. The van der Waals surface area contributed by atoms with E-state index >= 15 is 0 Å². The van der Waals surface area contributed by atoms with Crippen LogP contribution in [-0.4, -0.2) is 29.0 Å². The minimum atomic E-state index is -0.419. The van der Waals surface area contributed by atoms with E-state index in [0.29, 0.717) is 24.8 Å². The zero-order chi connectivity index (χ0) is 18.0. The average Bonchev–Trinajstić information content (AvgIpc) is 2.58. The molecule has 2 amide bonds. The third-order valence-corrected chi connectivity index (χ3v) is 4.76.